The Bertz CT molecular complexity index is 1060. The van der Waals surface area contributed by atoms with Gasteiger partial charge in [0, 0.05) is 50.5 Å². The zero-order valence-corrected chi connectivity index (χ0v) is 19.9. The first-order valence-corrected chi connectivity index (χ1v) is 10.8. The van der Waals surface area contributed by atoms with Crippen LogP contribution < -0.4 is 9.64 Å². The number of nitrogens with zero attached hydrogens (tertiary/aromatic N) is 4. The average Bonchev–Trinajstić information content (AvgIpc) is 2.72. The molecule has 1 amide bonds. The van der Waals surface area contributed by atoms with Crippen LogP contribution in [0.15, 0.2) is 30.7 Å². The molecule has 1 radical (unpaired) electrons. The van der Waals surface area contributed by atoms with Crippen LogP contribution in [0.2, 0.25) is 0 Å². The van der Waals surface area contributed by atoms with Gasteiger partial charge in [-0.2, -0.15) is 0 Å². The number of halogens is 1. The third-order valence-corrected chi connectivity index (χ3v) is 5.88. The van der Waals surface area contributed by atoms with E-state index in [0.717, 1.165) is 38.1 Å². The number of carboxylic acid groups (broad SMARTS) is 1. The fourth-order valence-electron chi connectivity index (χ4n) is 4.22. The molecule has 0 atom stereocenters. The topological polar surface area (TPSA) is 105 Å². The maximum absolute atomic E-state index is 13.5. The third kappa shape index (κ3) is 5.62. The summed E-state index contributed by atoms with van der Waals surface area (Å²) in [5.74, 6) is -1.09. The van der Waals surface area contributed by atoms with Crippen LogP contribution >= 0.6 is 0 Å². The van der Waals surface area contributed by atoms with Gasteiger partial charge < -0.3 is 24.4 Å². The van der Waals surface area contributed by atoms with Crippen molar-refractivity contribution in [3.8, 4) is 11.5 Å². The zero-order valence-electron chi connectivity index (χ0n) is 19.9. The number of ether oxygens (including phenoxy) is 2. The van der Waals surface area contributed by atoms with E-state index < -0.39 is 17.4 Å². The van der Waals surface area contributed by atoms with Gasteiger partial charge in [0.1, 0.15) is 29.1 Å². The fourth-order valence-corrected chi connectivity index (χ4v) is 4.22. The maximum atomic E-state index is 13.5. The van der Waals surface area contributed by atoms with E-state index in [1.54, 1.807) is 4.90 Å². The Morgan fingerprint density at radius 2 is 1.82 bits per heavy atom. The molecule has 1 spiro atoms. The summed E-state index contributed by atoms with van der Waals surface area (Å²) in [6.45, 7) is 8.29. The number of anilines is 1. The van der Waals surface area contributed by atoms with Crippen LogP contribution in [0.5, 0.6) is 11.5 Å². The van der Waals surface area contributed by atoms with Crippen LogP contribution in [-0.2, 0) is 4.74 Å². The van der Waals surface area contributed by atoms with Crippen LogP contribution in [0.1, 0.15) is 44.0 Å². The summed E-state index contributed by atoms with van der Waals surface area (Å²) < 4.78 is 24.8. The number of piperidine rings is 1. The first-order valence-electron chi connectivity index (χ1n) is 10.8. The van der Waals surface area contributed by atoms with Crippen molar-refractivity contribution in [2.24, 2.45) is 5.41 Å². The third-order valence-electron chi connectivity index (χ3n) is 5.88. The number of carbonyl (C=O) groups is 2. The Balaban J connectivity index is 0.00000324. The molecule has 4 rings (SSSR count). The molecular formula is C23H27FLiN4O5. The van der Waals surface area contributed by atoms with Crippen molar-refractivity contribution in [3.05, 3.63) is 42.1 Å². The molecule has 2 aliphatic heterocycles. The molecule has 2 fully saturated rings. The van der Waals surface area contributed by atoms with E-state index in [9.17, 15) is 19.1 Å². The molecule has 34 heavy (non-hydrogen) atoms. The Hall–Kier alpha value is -2.83. The SMILES string of the molecule is CC(C)(C)OC(=O)N1CCC2(CC1)CN(c1ncncc1Oc1ccc(F)cc1C(=O)O)C2.[Li]. The van der Waals surface area contributed by atoms with Gasteiger partial charge in [-0.3, -0.25) is 0 Å². The molecule has 2 saturated heterocycles. The summed E-state index contributed by atoms with van der Waals surface area (Å²) in [5.41, 5.74) is -0.726. The van der Waals surface area contributed by atoms with Crippen molar-refractivity contribution in [2.75, 3.05) is 31.1 Å². The minimum atomic E-state index is -1.29. The average molecular weight is 465 g/mol. The smallest absolute Gasteiger partial charge is 0.410 e. The summed E-state index contributed by atoms with van der Waals surface area (Å²) >= 11 is 0. The van der Waals surface area contributed by atoms with Gasteiger partial charge in [-0.15, -0.1) is 0 Å². The number of amides is 1. The normalized spacial score (nSPS) is 16.9. The van der Waals surface area contributed by atoms with E-state index in [-0.39, 0.29) is 41.7 Å². The first kappa shape index (κ1) is 25.8. The number of carboxylic acids is 1. The number of aromatic carboxylic acids is 1. The molecule has 1 aromatic heterocycles. The number of hydrogen-bond donors (Lipinski definition) is 1. The van der Waals surface area contributed by atoms with Crippen LogP contribution in [0.3, 0.4) is 0 Å². The van der Waals surface area contributed by atoms with Crippen LogP contribution in [-0.4, -0.2) is 82.7 Å². The monoisotopic (exact) mass is 465 g/mol. The first-order chi connectivity index (χ1) is 15.6. The van der Waals surface area contributed by atoms with Crippen molar-refractivity contribution in [1.82, 2.24) is 14.9 Å². The Morgan fingerprint density at radius 3 is 2.44 bits per heavy atom. The summed E-state index contributed by atoms with van der Waals surface area (Å²) in [7, 11) is 0. The molecule has 1 aromatic carbocycles. The Kier molecular flexibility index (Phi) is 7.43. The van der Waals surface area contributed by atoms with Gasteiger partial charge in [0.2, 0.25) is 0 Å². The second-order valence-corrected chi connectivity index (χ2v) is 9.58. The number of hydrogen-bond acceptors (Lipinski definition) is 7. The maximum Gasteiger partial charge on any atom is 0.410 e. The molecule has 9 nitrogen and oxygen atoms in total. The summed E-state index contributed by atoms with van der Waals surface area (Å²) in [6, 6.07) is 3.33. The van der Waals surface area contributed by atoms with Gasteiger partial charge >= 0.3 is 12.1 Å². The predicted molar refractivity (Wildman–Crippen MR) is 123 cm³/mol. The van der Waals surface area contributed by atoms with Gasteiger partial charge in [0.15, 0.2) is 11.6 Å². The number of benzene rings is 1. The van der Waals surface area contributed by atoms with Crippen LogP contribution in [0.4, 0.5) is 15.0 Å². The zero-order chi connectivity index (χ0) is 23.8. The molecule has 3 heterocycles. The Morgan fingerprint density at radius 1 is 1.15 bits per heavy atom. The van der Waals surface area contributed by atoms with E-state index in [4.69, 9.17) is 9.47 Å². The van der Waals surface area contributed by atoms with Gasteiger partial charge in [-0.1, -0.05) is 0 Å². The minimum absolute atomic E-state index is 0. The molecule has 177 valence electrons. The summed E-state index contributed by atoms with van der Waals surface area (Å²) in [5, 5.41) is 9.37. The van der Waals surface area contributed by atoms with E-state index in [1.807, 2.05) is 25.7 Å². The van der Waals surface area contributed by atoms with Gasteiger partial charge in [-0.25, -0.2) is 23.9 Å². The minimum Gasteiger partial charge on any atom is -0.478 e. The van der Waals surface area contributed by atoms with Gasteiger partial charge in [-0.05, 0) is 51.8 Å². The molecule has 1 N–H and O–H groups in total. The summed E-state index contributed by atoms with van der Waals surface area (Å²) in [6.07, 6.45) is 4.29. The predicted octanol–water partition coefficient (Wildman–Crippen LogP) is 3.56. The van der Waals surface area contributed by atoms with E-state index in [1.165, 1.54) is 18.6 Å². The van der Waals surface area contributed by atoms with Gasteiger partial charge in [0.05, 0.1) is 6.20 Å². The molecule has 2 aliphatic rings. The second kappa shape index (κ2) is 9.80. The largest absolute Gasteiger partial charge is 0.478 e. The van der Waals surface area contributed by atoms with Crippen molar-refractivity contribution >= 4 is 36.7 Å². The number of rotatable bonds is 4. The fraction of sp³-hybridized carbons (Fsp3) is 0.478. The second-order valence-electron chi connectivity index (χ2n) is 9.58. The van der Waals surface area contributed by atoms with E-state index >= 15 is 0 Å². The van der Waals surface area contributed by atoms with Gasteiger partial charge in [0.25, 0.3) is 0 Å². The molecule has 2 aromatic rings. The number of likely N-dealkylation sites (tertiary alicyclic amines) is 1. The summed E-state index contributed by atoms with van der Waals surface area (Å²) in [4.78, 5) is 35.9. The van der Waals surface area contributed by atoms with Crippen molar-refractivity contribution in [1.29, 1.82) is 0 Å². The molecule has 0 aliphatic carbocycles. The molecule has 0 bridgehead atoms. The van der Waals surface area contributed by atoms with E-state index in [0.29, 0.717) is 24.7 Å². The van der Waals surface area contributed by atoms with Crippen molar-refractivity contribution in [3.63, 3.8) is 0 Å². The quantitative estimate of drug-likeness (QED) is 0.684. The Labute approximate surface area is 209 Å². The molecule has 0 unspecified atom stereocenters. The van der Waals surface area contributed by atoms with Crippen LogP contribution in [0.25, 0.3) is 0 Å². The standard InChI is InChI=1S/C23H27FN4O5.Li/c1-22(2,3)33-21(31)27-8-6-23(7-9-27)12-28(13-23)19-18(11-25-14-26-19)32-17-5-4-15(24)10-16(17)20(29)30;/h4-5,10-11,14H,6-9,12-13H2,1-3H3,(H,29,30);. The molecule has 11 heteroatoms. The number of carbonyl (C=O) groups excluding carboxylic acids is 1. The van der Waals surface area contributed by atoms with Crippen molar-refractivity contribution < 1.29 is 28.6 Å². The van der Waals surface area contributed by atoms with E-state index in [2.05, 4.69) is 9.97 Å². The van der Waals surface area contributed by atoms with Crippen molar-refractivity contribution in [2.45, 2.75) is 39.2 Å². The molecule has 0 saturated carbocycles. The molecular weight excluding hydrogens is 438 g/mol. The number of aromatic nitrogens is 2. The van der Waals surface area contributed by atoms with Crippen LogP contribution in [0, 0.1) is 11.2 Å².